The van der Waals surface area contributed by atoms with Gasteiger partial charge in [0.1, 0.15) is 12.4 Å². The van der Waals surface area contributed by atoms with Gasteiger partial charge in [-0.2, -0.15) is 0 Å². The molecule has 0 saturated carbocycles. The third-order valence-corrected chi connectivity index (χ3v) is 3.76. The van der Waals surface area contributed by atoms with Crippen molar-refractivity contribution >= 4 is 28.1 Å². The van der Waals surface area contributed by atoms with E-state index in [1.807, 2.05) is 26.0 Å². The van der Waals surface area contributed by atoms with Crippen LogP contribution in [0.25, 0.3) is 0 Å². The lowest BCUT2D eigenvalue weighted by molar-refractivity contribution is 0.309. The van der Waals surface area contributed by atoms with Crippen molar-refractivity contribution in [1.82, 2.24) is 4.98 Å². The van der Waals surface area contributed by atoms with Crippen LogP contribution >= 0.6 is 22.9 Å². The molecule has 0 aliphatic heterocycles. The van der Waals surface area contributed by atoms with E-state index in [9.17, 15) is 0 Å². The smallest absolute Gasteiger partial charge is 0.180 e. The maximum Gasteiger partial charge on any atom is 0.180 e. The standard InChI is InChI=1S/C12H13ClN2OS/c1-7-3-9(4-8(2)11(7)13)16-6-10-5-15-12(14)17-10/h3-5H,6H2,1-2H3,(H2,14,15). The molecule has 1 aromatic heterocycles. The number of thiazole rings is 1. The lowest BCUT2D eigenvalue weighted by atomic mass is 10.1. The molecule has 5 heteroatoms. The Balaban J connectivity index is 2.09. The second kappa shape index (κ2) is 4.94. The van der Waals surface area contributed by atoms with Crippen LogP contribution in [0.15, 0.2) is 18.3 Å². The quantitative estimate of drug-likeness (QED) is 0.926. The Labute approximate surface area is 109 Å². The van der Waals surface area contributed by atoms with Gasteiger partial charge in [-0.05, 0) is 37.1 Å². The van der Waals surface area contributed by atoms with Gasteiger partial charge in [0.25, 0.3) is 0 Å². The van der Waals surface area contributed by atoms with Gasteiger partial charge in [0.05, 0.1) is 4.88 Å². The van der Waals surface area contributed by atoms with Crippen LogP contribution in [0.4, 0.5) is 5.13 Å². The molecule has 0 aliphatic rings. The van der Waals surface area contributed by atoms with E-state index < -0.39 is 0 Å². The molecule has 0 aliphatic carbocycles. The minimum absolute atomic E-state index is 0.482. The number of benzene rings is 1. The summed E-state index contributed by atoms with van der Waals surface area (Å²) in [5.41, 5.74) is 7.59. The molecule has 1 aromatic carbocycles. The summed E-state index contributed by atoms with van der Waals surface area (Å²) in [4.78, 5) is 4.98. The fourth-order valence-corrected chi connectivity index (χ4v) is 2.24. The van der Waals surface area contributed by atoms with Gasteiger partial charge in [-0.1, -0.05) is 22.9 Å². The molecule has 2 aromatic rings. The maximum absolute atomic E-state index is 6.09. The molecule has 3 nitrogen and oxygen atoms in total. The van der Waals surface area contributed by atoms with Crippen molar-refractivity contribution in [2.24, 2.45) is 0 Å². The number of ether oxygens (including phenoxy) is 1. The third-order valence-electron chi connectivity index (χ3n) is 2.36. The first-order valence-corrected chi connectivity index (χ1v) is 6.35. The number of aromatic nitrogens is 1. The summed E-state index contributed by atoms with van der Waals surface area (Å²) in [6.45, 7) is 4.41. The molecule has 0 atom stereocenters. The molecule has 0 fully saturated rings. The van der Waals surface area contributed by atoms with Crippen molar-refractivity contribution < 1.29 is 4.74 Å². The number of hydrogen-bond acceptors (Lipinski definition) is 4. The van der Waals surface area contributed by atoms with Crippen LogP contribution in [0.3, 0.4) is 0 Å². The van der Waals surface area contributed by atoms with Gasteiger partial charge in [0, 0.05) is 11.2 Å². The number of aryl methyl sites for hydroxylation is 2. The van der Waals surface area contributed by atoms with E-state index in [1.54, 1.807) is 6.20 Å². The Morgan fingerprint density at radius 1 is 1.35 bits per heavy atom. The second-order valence-electron chi connectivity index (χ2n) is 3.82. The molecule has 2 N–H and O–H groups in total. The number of nitrogens with two attached hydrogens (primary N) is 1. The normalized spacial score (nSPS) is 10.5. The van der Waals surface area contributed by atoms with E-state index in [0.717, 1.165) is 26.8 Å². The number of nitrogens with zero attached hydrogens (tertiary/aromatic N) is 1. The number of hydrogen-bond donors (Lipinski definition) is 1. The summed E-state index contributed by atoms with van der Waals surface area (Å²) in [7, 11) is 0. The van der Waals surface area contributed by atoms with Crippen LogP contribution in [0.5, 0.6) is 5.75 Å². The molecule has 0 amide bonds. The average molecular weight is 269 g/mol. The Hall–Kier alpha value is -1.26. The molecule has 2 rings (SSSR count). The third kappa shape index (κ3) is 2.90. The monoisotopic (exact) mass is 268 g/mol. The number of nitrogen functional groups attached to an aromatic ring is 1. The van der Waals surface area contributed by atoms with Gasteiger partial charge < -0.3 is 10.5 Å². The molecule has 0 unspecified atom stereocenters. The van der Waals surface area contributed by atoms with Crippen LogP contribution in [-0.2, 0) is 6.61 Å². The van der Waals surface area contributed by atoms with Crippen molar-refractivity contribution in [2.45, 2.75) is 20.5 Å². The minimum Gasteiger partial charge on any atom is -0.488 e. The lowest BCUT2D eigenvalue weighted by Crippen LogP contribution is -1.94. The predicted molar refractivity (Wildman–Crippen MR) is 71.8 cm³/mol. The maximum atomic E-state index is 6.09. The van der Waals surface area contributed by atoms with Gasteiger partial charge in [-0.25, -0.2) is 4.98 Å². The van der Waals surface area contributed by atoms with Gasteiger partial charge in [0.15, 0.2) is 5.13 Å². The van der Waals surface area contributed by atoms with Crippen molar-refractivity contribution in [3.8, 4) is 5.75 Å². The zero-order chi connectivity index (χ0) is 12.4. The van der Waals surface area contributed by atoms with Crippen LogP contribution in [0.2, 0.25) is 5.02 Å². The molecule has 0 spiro atoms. The first kappa shape index (κ1) is 12.2. The number of anilines is 1. The number of rotatable bonds is 3. The van der Waals surface area contributed by atoms with Crippen LogP contribution < -0.4 is 10.5 Å². The SMILES string of the molecule is Cc1cc(OCc2cnc(N)s2)cc(C)c1Cl. The highest BCUT2D eigenvalue weighted by Crippen LogP contribution is 2.26. The average Bonchev–Trinajstić information content (AvgIpc) is 2.69. The number of halogens is 1. The van der Waals surface area contributed by atoms with E-state index in [-0.39, 0.29) is 0 Å². The highest BCUT2D eigenvalue weighted by Gasteiger charge is 2.05. The summed E-state index contributed by atoms with van der Waals surface area (Å²) in [6.07, 6.45) is 1.73. The van der Waals surface area contributed by atoms with Gasteiger partial charge in [0.2, 0.25) is 0 Å². The molecule has 17 heavy (non-hydrogen) atoms. The van der Waals surface area contributed by atoms with Gasteiger partial charge >= 0.3 is 0 Å². The highest BCUT2D eigenvalue weighted by atomic mass is 35.5. The lowest BCUT2D eigenvalue weighted by Gasteiger charge is -2.08. The van der Waals surface area contributed by atoms with E-state index in [2.05, 4.69) is 4.98 Å². The van der Waals surface area contributed by atoms with Crippen LogP contribution in [0.1, 0.15) is 16.0 Å². The van der Waals surface area contributed by atoms with Crippen LogP contribution in [0, 0.1) is 13.8 Å². The summed E-state index contributed by atoms with van der Waals surface area (Å²) in [6, 6.07) is 3.86. The molecule has 90 valence electrons. The highest BCUT2D eigenvalue weighted by molar-refractivity contribution is 7.15. The van der Waals surface area contributed by atoms with Gasteiger partial charge in [-0.15, -0.1) is 0 Å². The first-order chi connectivity index (χ1) is 8.06. The Kier molecular flexibility index (Phi) is 3.54. The van der Waals surface area contributed by atoms with Crippen molar-refractivity contribution in [2.75, 3.05) is 5.73 Å². The Bertz CT molecular complexity index is 516. The Morgan fingerprint density at radius 3 is 2.53 bits per heavy atom. The van der Waals surface area contributed by atoms with Crippen molar-refractivity contribution in [1.29, 1.82) is 0 Å². The fraction of sp³-hybridized carbons (Fsp3) is 0.250. The van der Waals surface area contributed by atoms with E-state index in [4.69, 9.17) is 22.1 Å². The van der Waals surface area contributed by atoms with E-state index in [1.165, 1.54) is 11.3 Å². The summed E-state index contributed by atoms with van der Waals surface area (Å²) >= 11 is 7.52. The predicted octanol–water partition coefficient (Wildman–Crippen LogP) is 3.57. The van der Waals surface area contributed by atoms with Crippen molar-refractivity contribution in [3.05, 3.63) is 39.4 Å². The summed E-state index contributed by atoms with van der Waals surface area (Å²) in [5, 5.41) is 1.35. The van der Waals surface area contributed by atoms with E-state index >= 15 is 0 Å². The van der Waals surface area contributed by atoms with Gasteiger partial charge in [-0.3, -0.25) is 0 Å². The molecule has 1 heterocycles. The van der Waals surface area contributed by atoms with E-state index in [0.29, 0.717) is 11.7 Å². The molecular weight excluding hydrogens is 256 g/mol. The zero-order valence-corrected chi connectivity index (χ0v) is 11.2. The fourth-order valence-electron chi connectivity index (χ4n) is 1.53. The summed E-state index contributed by atoms with van der Waals surface area (Å²) < 4.78 is 5.68. The molecular formula is C12H13ClN2OS. The molecule has 0 saturated heterocycles. The van der Waals surface area contributed by atoms with Crippen molar-refractivity contribution in [3.63, 3.8) is 0 Å². The molecule has 0 bridgehead atoms. The molecule has 0 radical (unpaired) electrons. The Morgan fingerprint density at radius 2 is 2.00 bits per heavy atom. The largest absolute Gasteiger partial charge is 0.488 e. The van der Waals surface area contributed by atoms with Crippen LogP contribution in [-0.4, -0.2) is 4.98 Å². The minimum atomic E-state index is 0.482. The topological polar surface area (TPSA) is 48.1 Å². The first-order valence-electron chi connectivity index (χ1n) is 5.16. The second-order valence-corrected chi connectivity index (χ2v) is 5.35. The zero-order valence-electron chi connectivity index (χ0n) is 9.66. The summed E-state index contributed by atoms with van der Waals surface area (Å²) in [5.74, 6) is 0.816.